The fraction of sp³-hybridized carbons (Fsp3) is 0.0556. The fourth-order valence-corrected chi connectivity index (χ4v) is 2.68. The van der Waals surface area contributed by atoms with Crippen molar-refractivity contribution >= 4 is 32.9 Å². The van der Waals surface area contributed by atoms with E-state index >= 15 is 0 Å². The maximum absolute atomic E-state index is 12.1. The first-order chi connectivity index (χ1) is 10.2. The van der Waals surface area contributed by atoms with Crippen molar-refractivity contribution in [2.24, 2.45) is 0 Å². The Labute approximate surface area is 132 Å². The van der Waals surface area contributed by atoms with E-state index in [0.29, 0.717) is 6.54 Å². The SMILES string of the molecule is [O-][N+](=Cc1ccccc1Br)Cc1ccc2ccccc2c1. The van der Waals surface area contributed by atoms with E-state index in [-0.39, 0.29) is 0 Å². The predicted octanol–water partition coefficient (Wildman–Crippen LogP) is 4.73. The molecule has 21 heavy (non-hydrogen) atoms. The maximum Gasteiger partial charge on any atom is 0.183 e. The predicted molar refractivity (Wildman–Crippen MR) is 90.6 cm³/mol. The van der Waals surface area contributed by atoms with Crippen molar-refractivity contribution in [1.29, 1.82) is 0 Å². The van der Waals surface area contributed by atoms with E-state index < -0.39 is 0 Å². The van der Waals surface area contributed by atoms with E-state index in [0.717, 1.165) is 25.7 Å². The Bertz CT molecular complexity index is 811. The molecule has 0 aromatic heterocycles. The zero-order chi connectivity index (χ0) is 14.7. The first kappa shape index (κ1) is 13.8. The lowest BCUT2D eigenvalue weighted by molar-refractivity contribution is -0.469. The Hall–Kier alpha value is -2.13. The summed E-state index contributed by atoms with van der Waals surface area (Å²) in [6.45, 7) is 0.339. The highest BCUT2D eigenvalue weighted by Crippen LogP contribution is 2.17. The van der Waals surface area contributed by atoms with Crippen LogP contribution in [0.5, 0.6) is 0 Å². The number of fused-ring (bicyclic) bond motifs is 1. The topological polar surface area (TPSA) is 26.1 Å². The highest BCUT2D eigenvalue weighted by Gasteiger charge is 2.03. The lowest BCUT2D eigenvalue weighted by Crippen LogP contribution is -2.06. The molecule has 0 aliphatic heterocycles. The van der Waals surface area contributed by atoms with Crippen LogP contribution in [0.3, 0.4) is 0 Å². The van der Waals surface area contributed by atoms with Crippen molar-refractivity contribution in [3.05, 3.63) is 87.5 Å². The molecule has 0 N–H and O–H groups in total. The van der Waals surface area contributed by atoms with E-state index in [1.54, 1.807) is 6.21 Å². The minimum atomic E-state index is 0.339. The quantitative estimate of drug-likeness (QED) is 0.293. The van der Waals surface area contributed by atoms with Crippen molar-refractivity contribution in [3.63, 3.8) is 0 Å². The van der Waals surface area contributed by atoms with E-state index in [9.17, 15) is 5.21 Å². The smallest absolute Gasteiger partial charge is 0.183 e. The van der Waals surface area contributed by atoms with Gasteiger partial charge in [-0.05, 0) is 44.9 Å². The zero-order valence-electron chi connectivity index (χ0n) is 11.4. The van der Waals surface area contributed by atoms with Crippen molar-refractivity contribution in [2.75, 3.05) is 0 Å². The number of halogens is 1. The molecule has 104 valence electrons. The number of benzene rings is 3. The van der Waals surface area contributed by atoms with E-state index in [1.165, 1.54) is 5.39 Å². The summed E-state index contributed by atoms with van der Waals surface area (Å²) in [6, 6.07) is 22.0. The Morgan fingerprint density at radius 1 is 0.905 bits per heavy atom. The van der Waals surface area contributed by atoms with Crippen molar-refractivity contribution in [2.45, 2.75) is 6.54 Å². The van der Waals surface area contributed by atoms with Gasteiger partial charge < -0.3 is 5.21 Å². The second kappa shape index (κ2) is 6.10. The molecule has 0 heterocycles. The zero-order valence-corrected chi connectivity index (χ0v) is 13.0. The van der Waals surface area contributed by atoms with Crippen molar-refractivity contribution < 1.29 is 4.74 Å². The molecule has 0 bridgehead atoms. The van der Waals surface area contributed by atoms with E-state index in [4.69, 9.17) is 0 Å². The Morgan fingerprint density at radius 3 is 2.43 bits per heavy atom. The standard InChI is InChI=1S/C18H14BrNO/c19-18-8-4-3-7-17(18)13-20(21)12-14-9-10-15-5-1-2-6-16(15)11-14/h1-11,13H,12H2. The Kier molecular flexibility index (Phi) is 4.02. The summed E-state index contributed by atoms with van der Waals surface area (Å²) in [7, 11) is 0. The summed E-state index contributed by atoms with van der Waals surface area (Å²) in [6.07, 6.45) is 1.61. The van der Waals surface area contributed by atoms with Crippen LogP contribution in [-0.4, -0.2) is 11.0 Å². The summed E-state index contributed by atoms with van der Waals surface area (Å²) in [5.74, 6) is 0. The van der Waals surface area contributed by atoms with E-state index in [2.05, 4.69) is 40.2 Å². The van der Waals surface area contributed by atoms with Crippen LogP contribution in [0.15, 0.2) is 71.2 Å². The van der Waals surface area contributed by atoms with Gasteiger partial charge in [0.05, 0.1) is 5.56 Å². The lowest BCUT2D eigenvalue weighted by Gasteiger charge is -2.06. The maximum atomic E-state index is 12.1. The van der Waals surface area contributed by atoms with Gasteiger partial charge in [0, 0.05) is 10.0 Å². The van der Waals surface area contributed by atoms with Gasteiger partial charge >= 0.3 is 0 Å². The number of hydrogen-bond acceptors (Lipinski definition) is 1. The van der Waals surface area contributed by atoms with Crippen LogP contribution in [0.1, 0.15) is 11.1 Å². The van der Waals surface area contributed by atoms with Gasteiger partial charge in [-0.2, -0.15) is 0 Å². The van der Waals surface area contributed by atoms with Crippen LogP contribution in [-0.2, 0) is 6.54 Å². The largest absolute Gasteiger partial charge is 0.624 e. The molecule has 0 spiro atoms. The van der Waals surface area contributed by atoms with E-state index in [1.807, 2.05) is 42.5 Å². The molecular formula is C18H14BrNO. The molecule has 0 atom stereocenters. The number of hydroxylamine groups is 1. The molecule has 0 saturated heterocycles. The molecule has 0 radical (unpaired) electrons. The van der Waals surface area contributed by atoms with Gasteiger partial charge in [0.25, 0.3) is 0 Å². The lowest BCUT2D eigenvalue weighted by atomic mass is 10.1. The second-order valence-corrected chi connectivity index (χ2v) is 5.76. The average molecular weight is 340 g/mol. The van der Waals surface area contributed by atoms with Crippen molar-refractivity contribution in [3.8, 4) is 0 Å². The van der Waals surface area contributed by atoms with Gasteiger partial charge in [-0.15, -0.1) is 0 Å². The summed E-state index contributed by atoms with van der Waals surface area (Å²) < 4.78 is 1.88. The van der Waals surface area contributed by atoms with Crippen LogP contribution in [0.4, 0.5) is 0 Å². The number of hydrogen-bond donors (Lipinski definition) is 0. The summed E-state index contributed by atoms with van der Waals surface area (Å²) >= 11 is 3.45. The summed E-state index contributed by atoms with van der Waals surface area (Å²) in [4.78, 5) is 0. The molecule has 0 aliphatic rings. The number of nitrogens with zero attached hydrogens (tertiary/aromatic N) is 1. The highest BCUT2D eigenvalue weighted by molar-refractivity contribution is 9.10. The minimum Gasteiger partial charge on any atom is -0.624 e. The molecular weight excluding hydrogens is 326 g/mol. The third-order valence-electron chi connectivity index (χ3n) is 3.34. The molecule has 3 heteroatoms. The molecule has 0 saturated carbocycles. The highest BCUT2D eigenvalue weighted by atomic mass is 79.9. The van der Waals surface area contributed by atoms with Gasteiger partial charge in [0.1, 0.15) is 0 Å². The molecule has 2 nitrogen and oxygen atoms in total. The van der Waals surface area contributed by atoms with Crippen molar-refractivity contribution in [1.82, 2.24) is 0 Å². The van der Waals surface area contributed by atoms with Crippen LogP contribution in [0.25, 0.3) is 10.8 Å². The third-order valence-corrected chi connectivity index (χ3v) is 4.06. The fourth-order valence-electron chi connectivity index (χ4n) is 2.30. The van der Waals surface area contributed by atoms with Crippen LogP contribution >= 0.6 is 15.9 Å². The van der Waals surface area contributed by atoms with Gasteiger partial charge in [-0.25, -0.2) is 4.74 Å². The molecule has 3 aromatic rings. The van der Waals surface area contributed by atoms with Gasteiger partial charge in [-0.1, -0.05) is 48.5 Å². The minimum absolute atomic E-state index is 0.339. The second-order valence-electron chi connectivity index (χ2n) is 4.91. The Morgan fingerprint density at radius 2 is 1.62 bits per heavy atom. The van der Waals surface area contributed by atoms with Gasteiger partial charge in [-0.3, -0.25) is 0 Å². The molecule has 0 unspecified atom stereocenters. The van der Waals surface area contributed by atoms with Crippen LogP contribution < -0.4 is 0 Å². The normalized spacial score (nSPS) is 11.8. The first-order valence-electron chi connectivity index (χ1n) is 6.73. The molecule has 3 rings (SSSR count). The summed E-state index contributed by atoms with van der Waals surface area (Å²) in [5.41, 5.74) is 1.89. The summed E-state index contributed by atoms with van der Waals surface area (Å²) in [5, 5.41) is 14.5. The monoisotopic (exact) mass is 339 g/mol. The third kappa shape index (κ3) is 3.31. The molecule has 3 aromatic carbocycles. The Balaban J connectivity index is 1.86. The number of rotatable bonds is 3. The van der Waals surface area contributed by atoms with Crippen LogP contribution in [0.2, 0.25) is 0 Å². The van der Waals surface area contributed by atoms with Crippen LogP contribution in [0, 0.1) is 5.21 Å². The van der Waals surface area contributed by atoms with Gasteiger partial charge in [0.2, 0.25) is 0 Å². The molecule has 0 fully saturated rings. The average Bonchev–Trinajstić information content (AvgIpc) is 2.49. The molecule has 0 amide bonds. The molecule has 0 aliphatic carbocycles. The first-order valence-corrected chi connectivity index (χ1v) is 7.52. The van der Waals surface area contributed by atoms with Gasteiger partial charge in [0.15, 0.2) is 12.8 Å².